The van der Waals surface area contributed by atoms with Crippen molar-refractivity contribution in [2.75, 3.05) is 6.54 Å². The molecule has 0 aliphatic heterocycles. The molecule has 2 N–H and O–H groups in total. The van der Waals surface area contributed by atoms with Crippen LogP contribution in [0.25, 0.3) is 0 Å². The molecule has 2 aromatic rings. The summed E-state index contributed by atoms with van der Waals surface area (Å²) in [5.41, 5.74) is 2.26. The number of hydrogen-bond donors (Lipinski definition) is 2. The van der Waals surface area contributed by atoms with Gasteiger partial charge in [-0.15, -0.1) is 0 Å². The van der Waals surface area contributed by atoms with Gasteiger partial charge in [-0.1, -0.05) is 6.92 Å². The molecule has 0 radical (unpaired) electrons. The minimum absolute atomic E-state index is 0.408. The van der Waals surface area contributed by atoms with Crippen LogP contribution in [0, 0.1) is 0 Å². The number of nitrogens with zero attached hydrogens (tertiary/aromatic N) is 1. The highest BCUT2D eigenvalue weighted by molar-refractivity contribution is 7.07. The van der Waals surface area contributed by atoms with Crippen molar-refractivity contribution in [3.8, 4) is 0 Å². The summed E-state index contributed by atoms with van der Waals surface area (Å²) in [5, 5.41) is 17.2. The zero-order valence-electron chi connectivity index (χ0n) is 10.7. The predicted octanol–water partition coefficient (Wildman–Crippen LogP) is 2.78. The number of thiophene rings is 1. The van der Waals surface area contributed by atoms with Crippen LogP contribution in [-0.4, -0.2) is 16.2 Å². The van der Waals surface area contributed by atoms with Crippen LogP contribution in [0.15, 0.2) is 35.3 Å². The van der Waals surface area contributed by atoms with Gasteiger partial charge in [-0.25, -0.2) is 0 Å². The van der Waals surface area contributed by atoms with E-state index in [0.29, 0.717) is 6.54 Å². The number of aliphatic hydroxyl groups is 1. The van der Waals surface area contributed by atoms with Crippen molar-refractivity contribution in [3.63, 3.8) is 0 Å². The van der Waals surface area contributed by atoms with Crippen LogP contribution >= 0.6 is 11.3 Å². The summed E-state index contributed by atoms with van der Waals surface area (Å²) in [6.45, 7) is 4.64. The van der Waals surface area contributed by atoms with Gasteiger partial charge in [0.05, 0.1) is 6.10 Å². The summed E-state index contributed by atoms with van der Waals surface area (Å²) in [7, 11) is 0. The maximum atomic E-state index is 9.92. The monoisotopic (exact) mass is 264 g/mol. The Labute approximate surface area is 112 Å². The van der Waals surface area contributed by atoms with Crippen LogP contribution < -0.4 is 5.32 Å². The van der Waals surface area contributed by atoms with Crippen LogP contribution in [0.5, 0.6) is 0 Å². The van der Waals surface area contributed by atoms with E-state index in [-0.39, 0.29) is 0 Å². The lowest BCUT2D eigenvalue weighted by atomic mass is 10.2. The van der Waals surface area contributed by atoms with Gasteiger partial charge in [0, 0.05) is 32.0 Å². The molecule has 0 spiro atoms. The number of rotatable bonds is 7. The predicted molar refractivity (Wildman–Crippen MR) is 75.7 cm³/mol. The number of aliphatic hydroxyl groups excluding tert-OH is 1. The van der Waals surface area contributed by atoms with Gasteiger partial charge in [0.2, 0.25) is 0 Å². The highest BCUT2D eigenvalue weighted by Gasteiger charge is 2.07. The van der Waals surface area contributed by atoms with Crippen molar-refractivity contribution in [2.24, 2.45) is 0 Å². The van der Waals surface area contributed by atoms with Gasteiger partial charge in [-0.3, -0.25) is 0 Å². The molecule has 0 bridgehead atoms. The molecular weight excluding hydrogens is 244 g/mol. The minimum atomic E-state index is -0.408. The summed E-state index contributed by atoms with van der Waals surface area (Å²) in [4.78, 5) is 0. The third kappa shape index (κ3) is 3.70. The molecule has 2 heterocycles. The molecule has 0 aliphatic carbocycles. The van der Waals surface area contributed by atoms with Crippen molar-refractivity contribution >= 4 is 11.3 Å². The van der Waals surface area contributed by atoms with Crippen LogP contribution in [0.1, 0.15) is 30.6 Å². The molecule has 18 heavy (non-hydrogen) atoms. The van der Waals surface area contributed by atoms with Crippen molar-refractivity contribution in [1.29, 1.82) is 0 Å². The van der Waals surface area contributed by atoms with Gasteiger partial charge in [0.1, 0.15) is 0 Å². The fraction of sp³-hybridized carbons (Fsp3) is 0.429. The highest BCUT2D eigenvalue weighted by Crippen LogP contribution is 2.15. The Morgan fingerprint density at radius 2 is 2.33 bits per heavy atom. The first kappa shape index (κ1) is 13.3. The smallest absolute Gasteiger partial charge is 0.0922 e. The van der Waals surface area contributed by atoms with E-state index in [1.54, 1.807) is 11.3 Å². The van der Waals surface area contributed by atoms with Gasteiger partial charge in [0.25, 0.3) is 0 Å². The van der Waals surface area contributed by atoms with Gasteiger partial charge in [-0.05, 0) is 40.4 Å². The van der Waals surface area contributed by atoms with E-state index in [0.717, 1.165) is 25.1 Å². The fourth-order valence-electron chi connectivity index (χ4n) is 1.93. The number of nitrogens with one attached hydrogen (secondary N) is 1. The molecule has 0 aliphatic rings. The molecular formula is C14H20N2OS. The molecule has 1 unspecified atom stereocenters. The number of aryl methyl sites for hydroxylation is 1. The Balaban J connectivity index is 1.74. The molecule has 0 saturated carbocycles. The van der Waals surface area contributed by atoms with Crippen molar-refractivity contribution in [1.82, 2.24) is 9.88 Å². The molecule has 2 rings (SSSR count). The molecule has 2 aromatic heterocycles. The van der Waals surface area contributed by atoms with Crippen molar-refractivity contribution in [2.45, 2.75) is 32.5 Å². The van der Waals surface area contributed by atoms with Crippen LogP contribution in [0.2, 0.25) is 0 Å². The van der Waals surface area contributed by atoms with E-state index in [1.807, 2.05) is 16.8 Å². The Bertz CT molecular complexity index is 450. The zero-order valence-corrected chi connectivity index (χ0v) is 11.5. The van der Waals surface area contributed by atoms with E-state index in [2.05, 4.69) is 35.3 Å². The van der Waals surface area contributed by atoms with E-state index in [4.69, 9.17) is 0 Å². The maximum Gasteiger partial charge on any atom is 0.0922 e. The summed E-state index contributed by atoms with van der Waals surface area (Å²) < 4.78 is 2.20. The van der Waals surface area contributed by atoms with Crippen molar-refractivity contribution < 1.29 is 5.11 Å². The topological polar surface area (TPSA) is 37.2 Å². The quantitative estimate of drug-likeness (QED) is 0.807. The summed E-state index contributed by atoms with van der Waals surface area (Å²) in [6, 6.07) is 4.09. The molecule has 3 nitrogen and oxygen atoms in total. The maximum absolute atomic E-state index is 9.92. The summed E-state index contributed by atoms with van der Waals surface area (Å²) in [6.07, 6.45) is 5.01. The first-order valence-electron chi connectivity index (χ1n) is 6.35. The second kappa shape index (κ2) is 6.73. The SMILES string of the molecule is CCCn1ccc(CNCC(O)c2ccsc2)c1. The molecule has 0 fully saturated rings. The molecule has 4 heteroatoms. The standard InChI is InChI=1S/C14H20N2OS/c1-2-5-16-6-3-12(10-16)8-15-9-14(17)13-4-7-18-11-13/h3-4,6-7,10-11,14-15,17H,2,5,8-9H2,1H3. The highest BCUT2D eigenvalue weighted by atomic mass is 32.1. The molecule has 0 saturated heterocycles. The lowest BCUT2D eigenvalue weighted by molar-refractivity contribution is 0.175. The van der Waals surface area contributed by atoms with E-state index in [9.17, 15) is 5.11 Å². The third-order valence-corrected chi connectivity index (χ3v) is 3.59. The minimum Gasteiger partial charge on any atom is -0.387 e. The second-order valence-corrected chi connectivity index (χ2v) is 5.24. The van der Waals surface area contributed by atoms with Gasteiger partial charge < -0.3 is 15.0 Å². The number of hydrogen-bond acceptors (Lipinski definition) is 3. The van der Waals surface area contributed by atoms with Crippen LogP contribution in [-0.2, 0) is 13.1 Å². The largest absolute Gasteiger partial charge is 0.387 e. The Hall–Kier alpha value is -1.10. The first-order chi connectivity index (χ1) is 8.79. The van der Waals surface area contributed by atoms with Crippen LogP contribution in [0.4, 0.5) is 0 Å². The second-order valence-electron chi connectivity index (χ2n) is 4.46. The summed E-state index contributed by atoms with van der Waals surface area (Å²) >= 11 is 1.62. The average Bonchev–Trinajstić information content (AvgIpc) is 3.00. The summed E-state index contributed by atoms with van der Waals surface area (Å²) in [5.74, 6) is 0. The lowest BCUT2D eigenvalue weighted by Gasteiger charge is -2.09. The molecule has 0 aromatic carbocycles. The zero-order chi connectivity index (χ0) is 12.8. The van der Waals surface area contributed by atoms with E-state index >= 15 is 0 Å². The lowest BCUT2D eigenvalue weighted by Crippen LogP contribution is -2.20. The fourth-order valence-corrected chi connectivity index (χ4v) is 2.64. The molecule has 1 atom stereocenters. The van der Waals surface area contributed by atoms with Gasteiger partial charge in [0.15, 0.2) is 0 Å². The molecule has 0 amide bonds. The molecule has 98 valence electrons. The Kier molecular flexibility index (Phi) is 4.99. The van der Waals surface area contributed by atoms with E-state index < -0.39 is 6.10 Å². The third-order valence-electron chi connectivity index (χ3n) is 2.89. The van der Waals surface area contributed by atoms with Crippen LogP contribution in [0.3, 0.4) is 0 Å². The number of aromatic nitrogens is 1. The Morgan fingerprint density at radius 3 is 3.06 bits per heavy atom. The normalized spacial score (nSPS) is 12.8. The van der Waals surface area contributed by atoms with E-state index in [1.165, 1.54) is 5.56 Å². The first-order valence-corrected chi connectivity index (χ1v) is 7.29. The van der Waals surface area contributed by atoms with Gasteiger partial charge in [-0.2, -0.15) is 11.3 Å². The van der Waals surface area contributed by atoms with Crippen molar-refractivity contribution in [3.05, 3.63) is 46.4 Å². The average molecular weight is 264 g/mol. The van der Waals surface area contributed by atoms with Gasteiger partial charge >= 0.3 is 0 Å². The Morgan fingerprint density at radius 1 is 1.44 bits per heavy atom.